The molecule has 0 unspecified atom stereocenters. The molecule has 0 heterocycles. The number of methoxy groups -OCH3 is 1. The number of nitrogens with one attached hydrogen (secondary N) is 1. The van der Waals surface area contributed by atoms with Crippen LogP contribution < -0.4 is 15.8 Å². The van der Waals surface area contributed by atoms with Gasteiger partial charge in [-0.05, 0) is 32.0 Å². The maximum atomic E-state index is 13.4. The fourth-order valence-electron chi connectivity index (χ4n) is 1.22. The zero-order valence-electron chi connectivity index (χ0n) is 10.2. The van der Waals surface area contributed by atoms with Gasteiger partial charge in [-0.1, -0.05) is 0 Å². The molecule has 1 aromatic rings. The van der Waals surface area contributed by atoms with E-state index in [1.165, 1.54) is 19.2 Å². The van der Waals surface area contributed by atoms with Crippen LogP contribution in [-0.2, 0) is 0 Å². The van der Waals surface area contributed by atoms with E-state index < -0.39 is 11.4 Å². The van der Waals surface area contributed by atoms with E-state index in [-0.39, 0.29) is 17.2 Å². The van der Waals surface area contributed by atoms with Gasteiger partial charge in [-0.25, -0.2) is 4.39 Å². The van der Waals surface area contributed by atoms with Crippen molar-refractivity contribution in [1.29, 1.82) is 0 Å². The monoisotopic (exact) mass is 240 g/mol. The summed E-state index contributed by atoms with van der Waals surface area (Å²) in [6, 6.07) is 4.05. The number of amides is 1. The predicted octanol–water partition coefficient (Wildman–Crippen LogP) is 1.30. The van der Waals surface area contributed by atoms with Crippen LogP contribution in [-0.4, -0.2) is 25.1 Å². The van der Waals surface area contributed by atoms with Crippen LogP contribution in [0.25, 0.3) is 0 Å². The second kappa shape index (κ2) is 5.14. The second-order valence-electron chi connectivity index (χ2n) is 4.52. The molecule has 0 aliphatic heterocycles. The van der Waals surface area contributed by atoms with Crippen molar-refractivity contribution in [1.82, 2.24) is 5.32 Å². The lowest BCUT2D eigenvalue weighted by Gasteiger charge is -2.18. The number of halogens is 1. The third-order valence-corrected chi connectivity index (χ3v) is 2.12. The van der Waals surface area contributed by atoms with E-state index in [0.717, 1.165) is 6.07 Å². The lowest BCUT2D eigenvalue weighted by molar-refractivity contribution is 0.0945. The van der Waals surface area contributed by atoms with Crippen LogP contribution in [0.4, 0.5) is 4.39 Å². The van der Waals surface area contributed by atoms with Crippen LogP contribution in [0, 0.1) is 5.82 Å². The first-order valence-electron chi connectivity index (χ1n) is 5.24. The summed E-state index contributed by atoms with van der Waals surface area (Å²) in [6.07, 6.45) is 0. The summed E-state index contributed by atoms with van der Waals surface area (Å²) < 4.78 is 18.1. The summed E-state index contributed by atoms with van der Waals surface area (Å²) in [5.41, 5.74) is 5.47. The predicted molar refractivity (Wildman–Crippen MR) is 63.6 cm³/mol. The van der Waals surface area contributed by atoms with E-state index >= 15 is 0 Å². The molecule has 0 aliphatic carbocycles. The second-order valence-corrected chi connectivity index (χ2v) is 4.52. The van der Waals surface area contributed by atoms with Gasteiger partial charge in [0.25, 0.3) is 5.91 Å². The normalized spacial score (nSPS) is 11.1. The van der Waals surface area contributed by atoms with Gasteiger partial charge in [0, 0.05) is 17.6 Å². The van der Waals surface area contributed by atoms with E-state index in [2.05, 4.69) is 5.32 Å². The molecule has 1 rings (SSSR count). The van der Waals surface area contributed by atoms with Crippen molar-refractivity contribution in [2.75, 3.05) is 13.7 Å². The highest BCUT2D eigenvalue weighted by Gasteiger charge is 2.14. The van der Waals surface area contributed by atoms with E-state index in [1.807, 2.05) is 0 Å². The first kappa shape index (κ1) is 13.4. The van der Waals surface area contributed by atoms with Crippen LogP contribution in [0.5, 0.6) is 5.75 Å². The van der Waals surface area contributed by atoms with Gasteiger partial charge in [0.05, 0.1) is 7.11 Å². The maximum absolute atomic E-state index is 13.4. The largest absolute Gasteiger partial charge is 0.494 e. The highest BCUT2D eigenvalue weighted by atomic mass is 19.1. The first-order chi connectivity index (χ1) is 7.83. The number of hydrogen-bond donors (Lipinski definition) is 2. The smallest absolute Gasteiger partial charge is 0.251 e. The number of carbonyl (C=O) groups is 1. The van der Waals surface area contributed by atoms with Crippen LogP contribution in [0.1, 0.15) is 24.2 Å². The van der Waals surface area contributed by atoms with Crippen LogP contribution in [0.3, 0.4) is 0 Å². The van der Waals surface area contributed by atoms with Gasteiger partial charge < -0.3 is 15.8 Å². The third-order valence-electron chi connectivity index (χ3n) is 2.12. The maximum Gasteiger partial charge on any atom is 0.251 e. The lowest BCUT2D eigenvalue weighted by Crippen LogP contribution is -2.45. The van der Waals surface area contributed by atoms with Gasteiger partial charge in [-0.15, -0.1) is 0 Å². The van der Waals surface area contributed by atoms with Crippen LogP contribution in [0.15, 0.2) is 18.2 Å². The molecule has 0 fully saturated rings. The Labute approximate surface area is 100.0 Å². The molecule has 0 atom stereocenters. The van der Waals surface area contributed by atoms with Crippen molar-refractivity contribution in [3.05, 3.63) is 29.6 Å². The fourth-order valence-corrected chi connectivity index (χ4v) is 1.22. The summed E-state index contributed by atoms with van der Waals surface area (Å²) in [7, 11) is 1.37. The van der Waals surface area contributed by atoms with Crippen molar-refractivity contribution < 1.29 is 13.9 Å². The van der Waals surface area contributed by atoms with Crippen molar-refractivity contribution in [3.63, 3.8) is 0 Å². The molecule has 4 nitrogen and oxygen atoms in total. The molecule has 0 spiro atoms. The zero-order valence-corrected chi connectivity index (χ0v) is 10.2. The van der Waals surface area contributed by atoms with Crippen molar-refractivity contribution in [2.24, 2.45) is 5.73 Å². The average Bonchev–Trinajstić information content (AvgIpc) is 2.24. The number of benzene rings is 1. The molecule has 0 radical (unpaired) electrons. The van der Waals surface area contributed by atoms with Gasteiger partial charge in [0.15, 0.2) is 11.6 Å². The molecule has 0 bridgehead atoms. The van der Waals surface area contributed by atoms with E-state index in [9.17, 15) is 9.18 Å². The highest BCUT2D eigenvalue weighted by molar-refractivity contribution is 5.94. The zero-order chi connectivity index (χ0) is 13.1. The Hall–Kier alpha value is -1.62. The highest BCUT2D eigenvalue weighted by Crippen LogP contribution is 2.17. The lowest BCUT2D eigenvalue weighted by atomic mass is 10.1. The molecular weight excluding hydrogens is 223 g/mol. The van der Waals surface area contributed by atoms with Gasteiger partial charge >= 0.3 is 0 Å². The molecule has 0 saturated heterocycles. The Bertz CT molecular complexity index is 413. The van der Waals surface area contributed by atoms with E-state index in [4.69, 9.17) is 10.5 Å². The van der Waals surface area contributed by atoms with Crippen molar-refractivity contribution >= 4 is 5.91 Å². The topological polar surface area (TPSA) is 64.3 Å². The number of nitrogens with two attached hydrogens (primary N) is 1. The molecule has 1 amide bonds. The number of ether oxygens (including phenoxy) is 1. The molecular formula is C12H17FN2O2. The third kappa shape index (κ3) is 4.03. The molecule has 0 saturated carbocycles. The Morgan fingerprint density at radius 2 is 2.18 bits per heavy atom. The quantitative estimate of drug-likeness (QED) is 0.833. The summed E-state index contributed by atoms with van der Waals surface area (Å²) in [4.78, 5) is 11.7. The molecule has 1 aromatic carbocycles. The van der Waals surface area contributed by atoms with Gasteiger partial charge in [0.1, 0.15) is 0 Å². The Balaban J connectivity index is 2.73. The van der Waals surface area contributed by atoms with E-state index in [1.54, 1.807) is 13.8 Å². The van der Waals surface area contributed by atoms with Gasteiger partial charge in [-0.2, -0.15) is 0 Å². The Morgan fingerprint density at radius 3 is 2.65 bits per heavy atom. The number of hydrogen-bond acceptors (Lipinski definition) is 3. The molecule has 0 aliphatic rings. The minimum atomic E-state index is -0.563. The minimum Gasteiger partial charge on any atom is -0.494 e. The first-order valence-corrected chi connectivity index (χ1v) is 5.24. The fraction of sp³-hybridized carbons (Fsp3) is 0.417. The summed E-state index contributed by atoms with van der Waals surface area (Å²) in [5, 5.41) is 2.63. The molecule has 5 heteroatoms. The standard InChI is InChI=1S/C12H17FN2O2/c1-12(2,14)7-15-11(16)8-4-5-10(17-3)9(13)6-8/h4-6H,7,14H2,1-3H3,(H,15,16). The number of carbonyl (C=O) groups excluding carboxylic acids is 1. The van der Waals surface area contributed by atoms with Crippen molar-refractivity contribution in [2.45, 2.75) is 19.4 Å². The molecule has 94 valence electrons. The van der Waals surface area contributed by atoms with E-state index in [0.29, 0.717) is 6.54 Å². The van der Waals surface area contributed by atoms with Gasteiger partial charge in [-0.3, -0.25) is 4.79 Å². The number of rotatable bonds is 4. The SMILES string of the molecule is COc1ccc(C(=O)NCC(C)(C)N)cc1F. The molecule has 3 N–H and O–H groups in total. The summed E-state index contributed by atoms with van der Waals surface area (Å²) in [6.45, 7) is 3.91. The summed E-state index contributed by atoms with van der Waals surface area (Å²) in [5.74, 6) is -0.807. The minimum absolute atomic E-state index is 0.112. The van der Waals surface area contributed by atoms with Crippen molar-refractivity contribution in [3.8, 4) is 5.75 Å². The molecule has 17 heavy (non-hydrogen) atoms. The Morgan fingerprint density at radius 1 is 1.53 bits per heavy atom. The van der Waals surface area contributed by atoms with Crippen LogP contribution >= 0.6 is 0 Å². The summed E-state index contributed by atoms with van der Waals surface area (Å²) >= 11 is 0. The molecule has 0 aromatic heterocycles. The average molecular weight is 240 g/mol. The van der Waals surface area contributed by atoms with Crippen LogP contribution in [0.2, 0.25) is 0 Å². The van der Waals surface area contributed by atoms with Gasteiger partial charge in [0.2, 0.25) is 0 Å². The Kier molecular flexibility index (Phi) is 4.07.